The zero-order valence-electron chi connectivity index (χ0n) is 54.4. The van der Waals surface area contributed by atoms with Crippen LogP contribution in [0.25, 0.3) is 89.7 Å². The zero-order valence-corrected chi connectivity index (χ0v) is 60.4. The number of hydrogen-bond donors (Lipinski definition) is 2. The van der Waals surface area contributed by atoms with E-state index in [1.165, 1.54) is 157 Å². The van der Waals surface area contributed by atoms with Gasteiger partial charge in [0.05, 0.1) is 107 Å². The molecule has 0 aliphatic carbocycles. The number of nitrogens with zero attached hydrogens (tertiary/aromatic N) is 10. The van der Waals surface area contributed by atoms with Crippen LogP contribution in [0, 0.1) is 0 Å². The lowest BCUT2D eigenvalue weighted by atomic mass is 10.1. The highest BCUT2D eigenvalue weighted by atomic mass is 35.5. The van der Waals surface area contributed by atoms with Gasteiger partial charge in [0, 0.05) is 95.2 Å². The molecule has 6 aliphatic rings. The maximum Gasteiger partial charge on any atom is 0.410 e. The number of aromatic amines is 2. The van der Waals surface area contributed by atoms with Gasteiger partial charge in [0.25, 0.3) is 0 Å². The second-order valence-corrected chi connectivity index (χ2v) is 38.4. The number of likely N-dealkylation sites (tertiary alicyclic amines) is 4. The van der Waals surface area contributed by atoms with Gasteiger partial charge in [-0.2, -0.15) is 0 Å². The van der Waals surface area contributed by atoms with Crippen molar-refractivity contribution < 1.29 is 75.8 Å². The first-order valence-corrected chi connectivity index (χ1v) is 38.4. The molecule has 14 nitrogen and oxygen atoms in total. The normalized spacial score (nSPS) is 22.0. The van der Waals surface area contributed by atoms with Crippen LogP contribution in [0.15, 0.2) is 97.1 Å². The highest BCUT2D eigenvalue weighted by Crippen LogP contribution is 2.41. The summed E-state index contributed by atoms with van der Waals surface area (Å²) in [6.07, 6.45) is 16.7. The van der Waals surface area contributed by atoms with Crippen LogP contribution in [-0.2, 0) is 8.23 Å². The first kappa shape index (κ1) is 70.7. The Morgan fingerprint density at radius 2 is 0.618 bits per heavy atom. The number of benzene rings is 4. The van der Waals surface area contributed by atoms with Gasteiger partial charge in [-0.1, -0.05) is 111 Å². The number of aromatic nitrogens is 8. The smallest absolute Gasteiger partial charge is 0.410 e. The van der Waals surface area contributed by atoms with Crippen molar-refractivity contribution in [2.24, 2.45) is 0 Å². The van der Waals surface area contributed by atoms with Gasteiger partial charge < -0.3 is 85.8 Å². The van der Waals surface area contributed by atoms with Crippen molar-refractivity contribution in [2.45, 2.75) is 151 Å². The lowest BCUT2D eigenvalue weighted by Gasteiger charge is -2.39. The number of nitrogens with one attached hydrogen (secondary N) is 2. The molecule has 89 heavy (non-hydrogen) atoms. The second-order valence-electron chi connectivity index (χ2n) is 28.5. The second kappa shape index (κ2) is 29.0. The fourth-order valence-electron chi connectivity index (χ4n) is 15.9. The molecule has 0 amide bonds. The summed E-state index contributed by atoms with van der Waals surface area (Å²) in [5.41, 5.74) is 6.45. The maximum absolute atomic E-state index is 7.38. The van der Waals surface area contributed by atoms with Gasteiger partial charge in [0.2, 0.25) is 0 Å². The van der Waals surface area contributed by atoms with Crippen LogP contribution < -0.4 is 49.6 Å². The fourth-order valence-corrected chi connectivity index (χ4v) is 25.9. The lowest BCUT2D eigenvalue weighted by molar-refractivity contribution is -0.902. The standard InChI is InChI=1S/C36H78N4O2Si3.C32H18N8.4ClH/c1-11-44(29-21-33-17-13-25-37(33,3)4,30-22-34-18-14-26-38(34,5)6)41-43-42-45(12-2,31-23-35-19-15-27-39(35,7)8)32-24-36-20-16-28-40(36,9)10;1-2-10-18-17(9-1)25-33-26(18)38-28-21-13-5-6-14-22(21)30(35-28)40-32-24-16-8-7-15-23(24)31(36-32)39-29-20-12-4-3-11-19(20)27(34-29)37-25;;;;/h33-36H,11-32H2,1-10H3;1-16H,(H2,33,34,35,36,37,38,39,40);4*1H/q+4;;;;;/p-4. The third-order valence-corrected chi connectivity index (χ3v) is 33.5. The van der Waals surface area contributed by atoms with Gasteiger partial charge in [-0.25, -0.2) is 29.9 Å². The van der Waals surface area contributed by atoms with Crippen LogP contribution >= 0.6 is 0 Å². The van der Waals surface area contributed by atoms with Gasteiger partial charge in [-0.3, -0.25) is 0 Å². The molecule has 4 aromatic carbocycles. The van der Waals surface area contributed by atoms with Gasteiger partial charge in [0.1, 0.15) is 22.6 Å². The van der Waals surface area contributed by atoms with E-state index in [0.717, 1.165) is 68.0 Å². The molecule has 0 spiro atoms. The Hall–Kier alpha value is -4.19. The van der Waals surface area contributed by atoms with Crippen LogP contribution in [0.2, 0.25) is 36.3 Å². The molecule has 2 N–H and O–H groups in total. The molecule has 0 saturated carbocycles. The third kappa shape index (κ3) is 14.9. The van der Waals surface area contributed by atoms with Gasteiger partial charge in [0.15, 0.2) is 39.9 Å². The predicted molar refractivity (Wildman–Crippen MR) is 354 cm³/mol. The molecule has 9 heterocycles. The summed E-state index contributed by atoms with van der Waals surface area (Å²) in [5, 5.41) is 3.82. The number of fused-ring (bicyclic) bond motifs is 20. The van der Waals surface area contributed by atoms with Crippen molar-refractivity contribution in [3.05, 3.63) is 97.1 Å². The number of H-pyrrole nitrogens is 2. The Morgan fingerprint density at radius 3 is 0.831 bits per heavy atom. The van der Waals surface area contributed by atoms with E-state index in [9.17, 15) is 0 Å². The van der Waals surface area contributed by atoms with Crippen LogP contribution in [0.5, 0.6) is 0 Å². The first-order valence-electron chi connectivity index (χ1n) is 32.5. The topological polar surface area (TPSA) is 127 Å². The van der Waals surface area contributed by atoms with Crippen LogP contribution in [0.1, 0.15) is 90.9 Å². The lowest BCUT2D eigenvalue weighted by Crippen LogP contribution is -3.00. The van der Waals surface area contributed by atoms with Crippen LogP contribution in [0.3, 0.4) is 0 Å². The van der Waals surface area contributed by atoms with E-state index < -0.39 is 16.6 Å². The molecular formula is C68H96Cl4N12O2Si3. The van der Waals surface area contributed by atoms with Crippen molar-refractivity contribution in [3.8, 4) is 45.6 Å². The molecule has 3 aromatic heterocycles. The molecule has 4 fully saturated rings. The van der Waals surface area contributed by atoms with E-state index >= 15 is 0 Å². The molecule has 8 bridgehead atoms. The Balaban J connectivity index is 0.000000221. The van der Waals surface area contributed by atoms with E-state index in [2.05, 4.69) is 80.2 Å². The third-order valence-electron chi connectivity index (χ3n) is 22.0. The zero-order chi connectivity index (χ0) is 59.2. The highest BCUT2D eigenvalue weighted by Gasteiger charge is 2.45. The molecule has 6 aliphatic heterocycles. The first-order chi connectivity index (χ1) is 40.9. The quantitative estimate of drug-likeness (QED) is 0.0987. The molecule has 13 rings (SSSR count). The number of hydrogen-bond acceptors (Lipinski definition) is 8. The summed E-state index contributed by atoms with van der Waals surface area (Å²) in [6.45, 7) is 10.4. The monoisotopic (exact) mass is 1340 g/mol. The minimum atomic E-state index is -1.90. The van der Waals surface area contributed by atoms with E-state index in [1.807, 2.05) is 97.1 Å². The summed E-state index contributed by atoms with van der Waals surface area (Å²) < 4.78 is 19.6. The van der Waals surface area contributed by atoms with Crippen LogP contribution in [0.4, 0.5) is 0 Å². The molecule has 21 heteroatoms. The number of halogens is 4. The fraction of sp³-hybridized carbons (Fsp3) is 0.529. The summed E-state index contributed by atoms with van der Waals surface area (Å²) in [7, 11) is 16.3. The molecule has 4 atom stereocenters. The van der Waals surface area contributed by atoms with Crippen molar-refractivity contribution in [1.82, 2.24) is 39.9 Å². The average Bonchev–Trinajstić information content (AvgIpc) is 1.64. The summed E-state index contributed by atoms with van der Waals surface area (Å²) in [4.78, 5) is 36.8. The summed E-state index contributed by atoms with van der Waals surface area (Å²) in [6, 6.07) is 43.4. The molecule has 480 valence electrons. The molecule has 4 unspecified atom stereocenters. The van der Waals surface area contributed by atoms with Crippen molar-refractivity contribution in [2.75, 3.05) is 82.6 Å². The highest BCUT2D eigenvalue weighted by molar-refractivity contribution is 6.80. The van der Waals surface area contributed by atoms with Crippen LogP contribution in [-0.4, -0.2) is 191 Å². The van der Waals surface area contributed by atoms with E-state index in [0.29, 0.717) is 45.9 Å². The molecule has 2 radical (unpaired) electrons. The largest absolute Gasteiger partial charge is 1.00 e. The number of rotatable bonds is 18. The van der Waals surface area contributed by atoms with Crippen molar-refractivity contribution in [1.29, 1.82) is 0 Å². The summed E-state index contributed by atoms with van der Waals surface area (Å²) >= 11 is 0. The average molecular weight is 1340 g/mol. The summed E-state index contributed by atoms with van der Waals surface area (Å²) in [5.74, 6) is 2.39. The Kier molecular flexibility index (Phi) is 23.0. The van der Waals surface area contributed by atoms with E-state index in [-0.39, 0.29) is 59.6 Å². The van der Waals surface area contributed by atoms with E-state index in [4.69, 9.17) is 38.1 Å². The maximum atomic E-state index is 7.38. The van der Waals surface area contributed by atoms with Crippen molar-refractivity contribution in [3.63, 3.8) is 0 Å². The van der Waals surface area contributed by atoms with Gasteiger partial charge in [-0.05, 0) is 61.9 Å². The van der Waals surface area contributed by atoms with Gasteiger partial charge >= 0.3 is 10.0 Å². The molecule has 7 aromatic rings. The SMILES string of the molecule is CC[Si](CCC1CCC[N+]1(C)C)(CCC1CCC[N+]1(C)C)O[Si]O[Si](CC)(CCC1CCC[N+]1(C)C)CCC1CCC[N+]1(C)C.[Cl-].[Cl-].[Cl-].[Cl-].c1ccc2c(c1)-c1nc-2nc2[nH]c(nc3nc(nc4[nH]c(n1)c1ccccc41)-c1ccccc1-3)c1ccccc21. The molecule has 4 saturated heterocycles. The van der Waals surface area contributed by atoms with Gasteiger partial charge in [-0.15, -0.1) is 0 Å². The Bertz CT molecular complexity index is 3280. The Morgan fingerprint density at radius 1 is 0.382 bits per heavy atom. The Labute approximate surface area is 559 Å². The van der Waals surface area contributed by atoms with E-state index in [1.54, 1.807) is 0 Å². The minimum absolute atomic E-state index is 0. The molecular weight excluding hydrogens is 1240 g/mol. The minimum Gasteiger partial charge on any atom is -1.00 e. The van der Waals surface area contributed by atoms with Crippen molar-refractivity contribution >= 4 is 70.8 Å². The predicted octanol–water partition coefficient (Wildman–Crippen LogP) is 1.89. The number of quaternary nitrogens is 4.